The van der Waals surface area contributed by atoms with Crippen LogP contribution in [0, 0.1) is 17.8 Å². The summed E-state index contributed by atoms with van der Waals surface area (Å²) in [6.45, 7) is 1.28. The molecule has 3 aliphatic rings. The zero-order valence-electron chi connectivity index (χ0n) is 12.5. The van der Waals surface area contributed by atoms with Crippen LogP contribution in [0.1, 0.15) is 18.4 Å². The lowest BCUT2D eigenvalue weighted by Gasteiger charge is -2.48. The standard InChI is InChI=1S/C18H22O4/c19-16(7-6-12-4-2-1-3-5-12)13-10-15-14(17(13)20)11-18(15)21-8-9-22-18/h1-5,7,13-15,17,19-20H,6,8-11H2/t13-,14-,15+,17?/m1/s1. The van der Waals surface area contributed by atoms with Crippen LogP contribution in [0.15, 0.2) is 42.2 Å². The van der Waals surface area contributed by atoms with Crippen molar-refractivity contribution in [3.63, 3.8) is 0 Å². The Labute approximate surface area is 130 Å². The summed E-state index contributed by atoms with van der Waals surface area (Å²) < 4.78 is 11.5. The third kappa shape index (κ3) is 2.18. The van der Waals surface area contributed by atoms with Gasteiger partial charge in [-0.25, -0.2) is 0 Å². The molecule has 2 saturated carbocycles. The molecule has 118 valence electrons. The molecule has 4 heteroatoms. The zero-order valence-corrected chi connectivity index (χ0v) is 12.5. The molecule has 0 amide bonds. The van der Waals surface area contributed by atoms with Gasteiger partial charge < -0.3 is 19.7 Å². The van der Waals surface area contributed by atoms with Crippen LogP contribution in [0.25, 0.3) is 0 Å². The number of hydrogen-bond acceptors (Lipinski definition) is 4. The van der Waals surface area contributed by atoms with Gasteiger partial charge in [0, 0.05) is 18.3 Å². The molecule has 1 saturated heterocycles. The molecular formula is C18H22O4. The Bertz CT molecular complexity index is 562. The van der Waals surface area contributed by atoms with Crippen molar-refractivity contribution in [1.29, 1.82) is 0 Å². The Balaban J connectivity index is 1.44. The lowest BCUT2D eigenvalue weighted by Crippen LogP contribution is -2.54. The van der Waals surface area contributed by atoms with Gasteiger partial charge in [-0.2, -0.15) is 0 Å². The Hall–Kier alpha value is -1.36. The Morgan fingerprint density at radius 2 is 1.95 bits per heavy atom. The van der Waals surface area contributed by atoms with Crippen molar-refractivity contribution in [2.75, 3.05) is 13.2 Å². The lowest BCUT2D eigenvalue weighted by molar-refractivity contribution is -0.275. The number of allylic oxidation sites excluding steroid dienone is 1. The third-order valence-corrected chi connectivity index (χ3v) is 5.51. The van der Waals surface area contributed by atoms with E-state index in [0.717, 1.165) is 18.4 Å². The van der Waals surface area contributed by atoms with Crippen molar-refractivity contribution in [1.82, 2.24) is 0 Å². The summed E-state index contributed by atoms with van der Waals surface area (Å²) in [6.07, 6.45) is 3.51. The average Bonchev–Trinajstić information content (AvgIpc) is 3.12. The van der Waals surface area contributed by atoms with Crippen LogP contribution >= 0.6 is 0 Å². The molecule has 1 aromatic carbocycles. The van der Waals surface area contributed by atoms with Gasteiger partial charge in [-0.1, -0.05) is 30.3 Å². The van der Waals surface area contributed by atoms with E-state index in [1.165, 1.54) is 0 Å². The van der Waals surface area contributed by atoms with Crippen molar-refractivity contribution in [3.8, 4) is 0 Å². The molecule has 2 aliphatic carbocycles. The Morgan fingerprint density at radius 1 is 1.23 bits per heavy atom. The Kier molecular flexibility index (Phi) is 3.48. The summed E-state index contributed by atoms with van der Waals surface area (Å²) in [5.74, 6) is 0.0440. The smallest absolute Gasteiger partial charge is 0.172 e. The predicted octanol–water partition coefficient (Wildman–Crippen LogP) is 2.43. The van der Waals surface area contributed by atoms with Gasteiger partial charge >= 0.3 is 0 Å². The highest BCUT2D eigenvalue weighted by Crippen LogP contribution is 2.59. The maximum atomic E-state index is 10.5. The normalized spacial score (nSPS) is 36.3. The van der Waals surface area contributed by atoms with Crippen molar-refractivity contribution >= 4 is 0 Å². The fourth-order valence-electron chi connectivity index (χ4n) is 4.30. The zero-order chi connectivity index (χ0) is 15.2. The molecule has 1 aromatic rings. The molecule has 4 rings (SSSR count). The SMILES string of the molecule is OC(=CCc1ccccc1)[C@H]1C[C@H]2[C@@H](CC23OCCO3)C1O. The number of aliphatic hydroxyl groups excluding tert-OH is 2. The second-order valence-electron chi connectivity index (χ2n) is 6.63. The monoisotopic (exact) mass is 302 g/mol. The van der Waals surface area contributed by atoms with Gasteiger partial charge in [-0.3, -0.25) is 0 Å². The molecule has 4 atom stereocenters. The summed E-state index contributed by atoms with van der Waals surface area (Å²) in [5, 5.41) is 20.9. The van der Waals surface area contributed by atoms with Gasteiger partial charge in [-0.05, 0) is 30.4 Å². The molecule has 0 radical (unpaired) electrons. The largest absolute Gasteiger partial charge is 0.512 e. The first-order valence-electron chi connectivity index (χ1n) is 8.08. The first-order chi connectivity index (χ1) is 10.7. The molecule has 1 unspecified atom stereocenters. The minimum atomic E-state index is -0.490. The molecular weight excluding hydrogens is 280 g/mol. The van der Waals surface area contributed by atoms with E-state index >= 15 is 0 Å². The van der Waals surface area contributed by atoms with Crippen molar-refractivity contribution in [3.05, 3.63) is 47.7 Å². The molecule has 1 spiro atoms. The topological polar surface area (TPSA) is 58.9 Å². The molecule has 2 N–H and O–H groups in total. The fourth-order valence-corrected chi connectivity index (χ4v) is 4.30. The minimum absolute atomic E-state index is 0.189. The van der Waals surface area contributed by atoms with Crippen LogP contribution in [0.5, 0.6) is 0 Å². The Morgan fingerprint density at radius 3 is 2.68 bits per heavy atom. The van der Waals surface area contributed by atoms with E-state index in [1.54, 1.807) is 0 Å². The van der Waals surface area contributed by atoms with E-state index in [1.807, 2.05) is 36.4 Å². The van der Waals surface area contributed by atoms with E-state index in [4.69, 9.17) is 9.47 Å². The predicted molar refractivity (Wildman–Crippen MR) is 81.2 cm³/mol. The van der Waals surface area contributed by atoms with Crippen LogP contribution in [0.2, 0.25) is 0 Å². The van der Waals surface area contributed by atoms with Crippen LogP contribution in [-0.4, -0.2) is 35.3 Å². The molecule has 0 aromatic heterocycles. The van der Waals surface area contributed by atoms with Crippen LogP contribution in [-0.2, 0) is 15.9 Å². The lowest BCUT2D eigenvalue weighted by atomic mass is 9.69. The number of fused-ring (bicyclic) bond motifs is 2. The van der Waals surface area contributed by atoms with Gasteiger partial charge in [0.2, 0.25) is 0 Å². The second kappa shape index (κ2) is 5.37. The van der Waals surface area contributed by atoms with Crippen molar-refractivity contribution < 1.29 is 19.7 Å². The molecule has 0 bridgehead atoms. The molecule has 1 aliphatic heterocycles. The van der Waals surface area contributed by atoms with Crippen molar-refractivity contribution in [2.45, 2.75) is 31.2 Å². The van der Waals surface area contributed by atoms with Crippen molar-refractivity contribution in [2.24, 2.45) is 17.8 Å². The number of ether oxygens (including phenoxy) is 2. The van der Waals surface area contributed by atoms with E-state index in [0.29, 0.717) is 25.4 Å². The van der Waals surface area contributed by atoms with Gasteiger partial charge in [0.1, 0.15) is 0 Å². The maximum absolute atomic E-state index is 10.5. The number of hydrogen-bond donors (Lipinski definition) is 2. The molecule has 4 nitrogen and oxygen atoms in total. The van der Waals surface area contributed by atoms with Crippen LogP contribution < -0.4 is 0 Å². The highest BCUT2D eigenvalue weighted by molar-refractivity contribution is 5.20. The molecule has 1 heterocycles. The first-order valence-corrected chi connectivity index (χ1v) is 8.08. The van der Waals surface area contributed by atoms with E-state index < -0.39 is 11.9 Å². The van der Waals surface area contributed by atoms with Crippen LogP contribution in [0.3, 0.4) is 0 Å². The van der Waals surface area contributed by atoms with Gasteiger partial charge in [-0.15, -0.1) is 0 Å². The van der Waals surface area contributed by atoms with Gasteiger partial charge in [0.05, 0.1) is 25.1 Å². The summed E-state index contributed by atoms with van der Waals surface area (Å²) in [5.41, 5.74) is 1.16. The van der Waals surface area contributed by atoms with E-state index in [2.05, 4.69) is 0 Å². The number of rotatable bonds is 3. The highest BCUT2D eigenvalue weighted by atomic mass is 16.7. The first kappa shape index (κ1) is 14.2. The second-order valence-corrected chi connectivity index (χ2v) is 6.63. The quantitative estimate of drug-likeness (QED) is 0.842. The summed E-state index contributed by atoms with van der Waals surface area (Å²) in [7, 11) is 0. The third-order valence-electron chi connectivity index (χ3n) is 5.51. The average molecular weight is 302 g/mol. The summed E-state index contributed by atoms with van der Waals surface area (Å²) in [6, 6.07) is 10.0. The number of aliphatic hydroxyl groups is 2. The van der Waals surface area contributed by atoms with Crippen LogP contribution in [0.4, 0.5) is 0 Å². The number of benzene rings is 1. The molecule has 3 fully saturated rings. The van der Waals surface area contributed by atoms with Gasteiger partial charge in [0.25, 0.3) is 0 Å². The fraction of sp³-hybridized carbons (Fsp3) is 0.556. The summed E-state index contributed by atoms with van der Waals surface area (Å²) >= 11 is 0. The van der Waals surface area contributed by atoms with E-state index in [-0.39, 0.29) is 17.8 Å². The molecule has 22 heavy (non-hydrogen) atoms. The minimum Gasteiger partial charge on any atom is -0.512 e. The maximum Gasteiger partial charge on any atom is 0.172 e. The van der Waals surface area contributed by atoms with E-state index in [9.17, 15) is 10.2 Å². The summed E-state index contributed by atoms with van der Waals surface area (Å²) in [4.78, 5) is 0. The van der Waals surface area contributed by atoms with Gasteiger partial charge in [0.15, 0.2) is 5.79 Å². The highest BCUT2D eigenvalue weighted by Gasteiger charge is 2.65.